The zero-order valence-corrected chi connectivity index (χ0v) is 17.1. The molecule has 1 saturated heterocycles. The van der Waals surface area contributed by atoms with Crippen LogP contribution in [0, 0.1) is 18.7 Å². The monoisotopic (exact) mass is 424 g/mol. The number of aryl methyl sites for hydroxylation is 1. The van der Waals surface area contributed by atoms with E-state index >= 15 is 0 Å². The van der Waals surface area contributed by atoms with Crippen molar-refractivity contribution in [2.45, 2.75) is 25.5 Å². The lowest BCUT2D eigenvalue weighted by Crippen LogP contribution is -2.42. The molecule has 8 heteroatoms. The molecule has 0 aromatic heterocycles. The van der Waals surface area contributed by atoms with Crippen molar-refractivity contribution in [1.29, 1.82) is 0 Å². The molecule has 28 heavy (non-hydrogen) atoms. The summed E-state index contributed by atoms with van der Waals surface area (Å²) in [6.07, 6.45) is 0.837. The molecule has 1 fully saturated rings. The van der Waals surface area contributed by atoms with Crippen LogP contribution in [0.15, 0.2) is 42.5 Å². The van der Waals surface area contributed by atoms with E-state index in [0.717, 1.165) is 11.3 Å². The number of benzene rings is 2. The fourth-order valence-electron chi connectivity index (χ4n) is 3.29. The highest BCUT2D eigenvalue weighted by molar-refractivity contribution is 7.88. The quantitative estimate of drug-likeness (QED) is 0.789. The van der Waals surface area contributed by atoms with E-state index in [1.54, 1.807) is 0 Å². The van der Waals surface area contributed by atoms with Gasteiger partial charge < -0.3 is 5.32 Å². The van der Waals surface area contributed by atoms with Gasteiger partial charge >= 0.3 is 0 Å². The Hall–Kier alpha value is -1.96. The van der Waals surface area contributed by atoms with Crippen LogP contribution in [0.25, 0.3) is 0 Å². The van der Waals surface area contributed by atoms with Crippen LogP contribution in [0.5, 0.6) is 0 Å². The second-order valence-corrected chi connectivity index (χ2v) is 9.31. The third-order valence-electron chi connectivity index (χ3n) is 5.01. The molecule has 5 nitrogen and oxygen atoms in total. The molecule has 0 unspecified atom stereocenters. The lowest BCUT2D eigenvalue weighted by molar-refractivity contribution is -0.120. The molecule has 1 aliphatic rings. The van der Waals surface area contributed by atoms with Gasteiger partial charge in [0.1, 0.15) is 5.82 Å². The largest absolute Gasteiger partial charge is 0.326 e. The van der Waals surface area contributed by atoms with Gasteiger partial charge in [-0.1, -0.05) is 35.9 Å². The SMILES string of the molecule is Cc1ccccc1NC(=O)C1CCN(S(=O)(=O)Cc2c(F)cccc2Cl)CC1. The summed E-state index contributed by atoms with van der Waals surface area (Å²) in [4.78, 5) is 12.5. The number of halogens is 2. The van der Waals surface area contributed by atoms with Crippen molar-refractivity contribution in [2.75, 3.05) is 18.4 Å². The van der Waals surface area contributed by atoms with Crippen molar-refractivity contribution < 1.29 is 17.6 Å². The summed E-state index contributed by atoms with van der Waals surface area (Å²) in [5.41, 5.74) is 1.71. The highest BCUT2D eigenvalue weighted by Gasteiger charge is 2.32. The number of nitrogens with one attached hydrogen (secondary N) is 1. The van der Waals surface area contributed by atoms with Crippen LogP contribution in [0.3, 0.4) is 0 Å². The molecule has 1 aliphatic heterocycles. The summed E-state index contributed by atoms with van der Waals surface area (Å²) in [5, 5.41) is 3.01. The predicted octanol–water partition coefficient (Wildman–Crippen LogP) is 3.97. The van der Waals surface area contributed by atoms with Crippen LogP contribution in [0.1, 0.15) is 24.0 Å². The Bertz CT molecular complexity index is 953. The second-order valence-electron chi connectivity index (χ2n) is 6.93. The van der Waals surface area contributed by atoms with E-state index in [2.05, 4.69) is 5.32 Å². The van der Waals surface area contributed by atoms with E-state index in [1.807, 2.05) is 31.2 Å². The number of carbonyl (C=O) groups excluding carboxylic acids is 1. The van der Waals surface area contributed by atoms with E-state index in [1.165, 1.54) is 22.5 Å². The first-order chi connectivity index (χ1) is 13.3. The standard InChI is InChI=1S/C20H22ClFN2O3S/c1-14-5-2-3-8-19(14)23-20(25)15-9-11-24(12-10-15)28(26,27)13-16-17(21)6-4-7-18(16)22/h2-8,15H,9-13H2,1H3,(H,23,25). The number of amides is 1. The zero-order chi connectivity index (χ0) is 20.3. The molecule has 1 amide bonds. The van der Waals surface area contributed by atoms with Crippen LogP contribution in [-0.2, 0) is 20.6 Å². The normalized spacial score (nSPS) is 16.1. The number of para-hydroxylation sites is 1. The Morgan fingerprint density at radius 3 is 2.50 bits per heavy atom. The molecule has 3 rings (SSSR count). The fourth-order valence-corrected chi connectivity index (χ4v) is 5.20. The molecule has 150 valence electrons. The highest BCUT2D eigenvalue weighted by Crippen LogP contribution is 2.26. The van der Waals surface area contributed by atoms with Gasteiger partial charge in [0.15, 0.2) is 0 Å². The molecular formula is C20H22ClFN2O3S. The molecule has 0 saturated carbocycles. The minimum Gasteiger partial charge on any atom is -0.326 e. The molecule has 0 spiro atoms. The van der Waals surface area contributed by atoms with E-state index < -0.39 is 21.6 Å². The van der Waals surface area contributed by atoms with Crippen molar-refractivity contribution in [3.63, 3.8) is 0 Å². The molecular weight excluding hydrogens is 403 g/mol. The van der Waals surface area contributed by atoms with Gasteiger partial charge in [0, 0.05) is 35.3 Å². The Morgan fingerprint density at radius 2 is 1.86 bits per heavy atom. The average Bonchev–Trinajstić information content (AvgIpc) is 2.67. The fraction of sp³-hybridized carbons (Fsp3) is 0.350. The number of rotatable bonds is 5. The summed E-state index contributed by atoms with van der Waals surface area (Å²) in [6.45, 7) is 2.36. The maximum atomic E-state index is 13.9. The van der Waals surface area contributed by atoms with Gasteiger partial charge in [0.05, 0.1) is 5.75 Å². The van der Waals surface area contributed by atoms with Gasteiger partial charge in [0.25, 0.3) is 0 Å². The summed E-state index contributed by atoms with van der Waals surface area (Å²) < 4.78 is 40.6. The van der Waals surface area contributed by atoms with Crippen molar-refractivity contribution in [1.82, 2.24) is 4.31 Å². The number of hydrogen-bond donors (Lipinski definition) is 1. The smallest absolute Gasteiger partial charge is 0.227 e. The number of hydrogen-bond acceptors (Lipinski definition) is 3. The predicted molar refractivity (Wildman–Crippen MR) is 108 cm³/mol. The first kappa shape index (κ1) is 20.8. The maximum Gasteiger partial charge on any atom is 0.227 e. The van der Waals surface area contributed by atoms with Crippen LogP contribution in [-0.4, -0.2) is 31.7 Å². The molecule has 0 aliphatic carbocycles. The first-order valence-electron chi connectivity index (χ1n) is 9.05. The number of piperidine rings is 1. The number of nitrogens with zero attached hydrogens (tertiary/aromatic N) is 1. The summed E-state index contributed by atoms with van der Waals surface area (Å²) >= 11 is 5.95. The van der Waals surface area contributed by atoms with Gasteiger partial charge in [-0.25, -0.2) is 17.1 Å². The molecule has 0 atom stereocenters. The first-order valence-corrected chi connectivity index (χ1v) is 11.0. The van der Waals surface area contributed by atoms with Gasteiger partial charge in [-0.15, -0.1) is 0 Å². The third kappa shape index (κ3) is 4.71. The zero-order valence-electron chi connectivity index (χ0n) is 15.5. The van der Waals surface area contributed by atoms with Crippen molar-refractivity contribution in [3.8, 4) is 0 Å². The third-order valence-corrected chi connectivity index (χ3v) is 7.17. The van der Waals surface area contributed by atoms with E-state index in [0.29, 0.717) is 12.8 Å². The van der Waals surface area contributed by atoms with E-state index in [9.17, 15) is 17.6 Å². The highest BCUT2D eigenvalue weighted by atomic mass is 35.5. The average molecular weight is 425 g/mol. The molecule has 2 aromatic carbocycles. The Kier molecular flexibility index (Phi) is 6.37. The van der Waals surface area contributed by atoms with Crippen LogP contribution >= 0.6 is 11.6 Å². The van der Waals surface area contributed by atoms with Crippen molar-refractivity contribution >= 4 is 33.2 Å². The van der Waals surface area contributed by atoms with Gasteiger partial charge in [0.2, 0.25) is 15.9 Å². The van der Waals surface area contributed by atoms with Crippen LogP contribution in [0.4, 0.5) is 10.1 Å². The van der Waals surface area contributed by atoms with Crippen molar-refractivity contribution in [3.05, 3.63) is 64.4 Å². The topological polar surface area (TPSA) is 66.5 Å². The molecule has 0 bridgehead atoms. The minimum absolute atomic E-state index is 0.0245. The lowest BCUT2D eigenvalue weighted by atomic mass is 9.97. The van der Waals surface area contributed by atoms with Crippen LogP contribution in [0.2, 0.25) is 5.02 Å². The number of anilines is 1. The van der Waals surface area contributed by atoms with Crippen molar-refractivity contribution in [2.24, 2.45) is 5.92 Å². The number of carbonyl (C=O) groups is 1. The maximum absolute atomic E-state index is 13.9. The van der Waals surface area contributed by atoms with Gasteiger partial charge in [-0.3, -0.25) is 4.79 Å². The van der Waals surface area contributed by atoms with E-state index in [4.69, 9.17) is 11.6 Å². The summed E-state index contributed by atoms with van der Waals surface area (Å²) in [7, 11) is -3.72. The Morgan fingerprint density at radius 1 is 1.18 bits per heavy atom. The Labute approximate surface area is 169 Å². The van der Waals surface area contributed by atoms with Gasteiger partial charge in [-0.2, -0.15) is 0 Å². The number of sulfonamides is 1. The minimum atomic E-state index is -3.72. The van der Waals surface area contributed by atoms with E-state index in [-0.39, 0.29) is 35.5 Å². The second kappa shape index (κ2) is 8.59. The summed E-state index contributed by atoms with van der Waals surface area (Å²) in [5.74, 6) is -1.49. The Balaban J connectivity index is 1.61. The molecule has 1 N–H and O–H groups in total. The lowest BCUT2D eigenvalue weighted by Gasteiger charge is -2.30. The molecule has 0 radical (unpaired) electrons. The molecule has 2 aromatic rings. The van der Waals surface area contributed by atoms with Gasteiger partial charge in [-0.05, 0) is 43.5 Å². The summed E-state index contributed by atoms with van der Waals surface area (Å²) in [6, 6.07) is 11.6. The molecule has 1 heterocycles. The van der Waals surface area contributed by atoms with Crippen LogP contribution < -0.4 is 5.32 Å².